The molecule has 0 aliphatic carbocycles. The van der Waals surface area contributed by atoms with Crippen molar-refractivity contribution in [2.45, 2.75) is 6.04 Å². The normalized spacial score (nSPS) is 13.0. The third kappa shape index (κ3) is 2.29. The van der Waals surface area contributed by atoms with Gasteiger partial charge in [-0.15, -0.1) is 0 Å². The van der Waals surface area contributed by atoms with Gasteiger partial charge in [-0.2, -0.15) is 0 Å². The Hall–Kier alpha value is -0.380. The Morgan fingerprint density at radius 2 is 2.27 bits per heavy atom. The first kappa shape index (κ1) is 8.71. The predicted molar refractivity (Wildman–Crippen MR) is 48.2 cm³/mol. The molecule has 3 heteroatoms. The number of hydrogen-bond donors (Lipinski definition) is 2. The molecule has 0 radical (unpaired) electrons. The van der Waals surface area contributed by atoms with Gasteiger partial charge in [0.05, 0.1) is 12.6 Å². The maximum atomic E-state index is 8.74. The molecule has 11 heavy (non-hydrogen) atoms. The largest absolute Gasteiger partial charge is 0.394 e. The van der Waals surface area contributed by atoms with Gasteiger partial charge >= 0.3 is 0 Å². The van der Waals surface area contributed by atoms with E-state index in [9.17, 15) is 0 Å². The predicted octanol–water partition coefficient (Wildman–Crippen LogP) is 1.44. The van der Waals surface area contributed by atoms with Gasteiger partial charge in [0, 0.05) is 4.47 Å². The third-order valence-electron chi connectivity index (χ3n) is 1.47. The summed E-state index contributed by atoms with van der Waals surface area (Å²) < 4.78 is 0.985. The number of aliphatic hydroxyl groups is 1. The Balaban J connectivity index is 2.86. The zero-order valence-electron chi connectivity index (χ0n) is 6.00. The molecule has 0 bridgehead atoms. The highest BCUT2D eigenvalue weighted by Crippen LogP contribution is 2.15. The van der Waals surface area contributed by atoms with Crippen LogP contribution in [-0.4, -0.2) is 11.7 Å². The van der Waals surface area contributed by atoms with Gasteiger partial charge in [0.1, 0.15) is 0 Å². The average Bonchev–Trinajstić information content (AvgIpc) is 2.03. The van der Waals surface area contributed by atoms with Gasteiger partial charge in [-0.25, -0.2) is 0 Å². The van der Waals surface area contributed by atoms with Gasteiger partial charge < -0.3 is 10.8 Å². The Morgan fingerprint density at radius 1 is 1.55 bits per heavy atom. The van der Waals surface area contributed by atoms with Crippen molar-refractivity contribution in [2.75, 3.05) is 6.61 Å². The highest BCUT2D eigenvalue weighted by molar-refractivity contribution is 9.10. The summed E-state index contributed by atoms with van der Waals surface area (Å²) in [5.74, 6) is 0. The maximum absolute atomic E-state index is 8.74. The SMILES string of the molecule is N[C@H](CO)c1cccc(Br)c1. The highest BCUT2D eigenvalue weighted by atomic mass is 79.9. The lowest BCUT2D eigenvalue weighted by Gasteiger charge is -2.07. The first-order valence-corrected chi connectivity index (χ1v) is 4.15. The molecular weight excluding hydrogens is 206 g/mol. The van der Waals surface area contributed by atoms with Crippen molar-refractivity contribution in [3.63, 3.8) is 0 Å². The molecule has 0 aliphatic heterocycles. The summed E-state index contributed by atoms with van der Waals surface area (Å²) >= 11 is 3.32. The lowest BCUT2D eigenvalue weighted by Crippen LogP contribution is -2.14. The van der Waals surface area contributed by atoms with E-state index in [2.05, 4.69) is 15.9 Å². The second-order valence-corrected chi connectivity index (χ2v) is 3.26. The molecule has 1 rings (SSSR count). The maximum Gasteiger partial charge on any atom is 0.0624 e. The minimum Gasteiger partial charge on any atom is -0.394 e. The van der Waals surface area contributed by atoms with Crippen molar-refractivity contribution in [3.05, 3.63) is 34.3 Å². The molecule has 0 unspecified atom stereocenters. The molecule has 1 aromatic rings. The Labute approximate surface area is 74.2 Å². The van der Waals surface area contributed by atoms with Crippen molar-refractivity contribution < 1.29 is 5.11 Å². The minimum absolute atomic E-state index is 0.0174. The van der Waals surface area contributed by atoms with Crippen LogP contribution >= 0.6 is 15.9 Å². The summed E-state index contributed by atoms with van der Waals surface area (Å²) in [7, 11) is 0. The molecule has 1 atom stereocenters. The molecule has 0 saturated heterocycles. The number of benzene rings is 1. The summed E-state index contributed by atoms with van der Waals surface area (Å²) in [6.45, 7) is -0.0174. The van der Waals surface area contributed by atoms with E-state index in [1.165, 1.54) is 0 Å². The minimum atomic E-state index is -0.271. The van der Waals surface area contributed by atoms with Crippen molar-refractivity contribution in [3.8, 4) is 0 Å². The van der Waals surface area contributed by atoms with Crippen LogP contribution in [0.25, 0.3) is 0 Å². The van der Waals surface area contributed by atoms with Gasteiger partial charge in [0.2, 0.25) is 0 Å². The molecule has 0 fully saturated rings. The summed E-state index contributed by atoms with van der Waals surface area (Å²) in [4.78, 5) is 0. The van der Waals surface area contributed by atoms with Crippen LogP contribution in [0.1, 0.15) is 11.6 Å². The summed E-state index contributed by atoms with van der Waals surface area (Å²) in [5.41, 5.74) is 6.54. The van der Waals surface area contributed by atoms with E-state index < -0.39 is 0 Å². The lowest BCUT2D eigenvalue weighted by molar-refractivity contribution is 0.268. The Kier molecular flexibility index (Phi) is 3.05. The van der Waals surface area contributed by atoms with E-state index in [0.29, 0.717) is 0 Å². The molecule has 60 valence electrons. The first-order chi connectivity index (χ1) is 5.24. The molecule has 0 spiro atoms. The number of hydrogen-bond acceptors (Lipinski definition) is 2. The van der Waals surface area contributed by atoms with E-state index in [4.69, 9.17) is 10.8 Å². The van der Waals surface area contributed by atoms with Crippen LogP contribution in [0.3, 0.4) is 0 Å². The molecule has 0 saturated carbocycles. The van der Waals surface area contributed by atoms with Gasteiger partial charge in [0.15, 0.2) is 0 Å². The van der Waals surface area contributed by atoms with Crippen molar-refractivity contribution in [1.82, 2.24) is 0 Å². The number of rotatable bonds is 2. The molecule has 0 amide bonds. The van der Waals surface area contributed by atoms with E-state index in [1.54, 1.807) is 0 Å². The van der Waals surface area contributed by atoms with Crippen LogP contribution in [0.2, 0.25) is 0 Å². The van der Waals surface area contributed by atoms with Gasteiger partial charge in [-0.05, 0) is 17.7 Å². The zero-order chi connectivity index (χ0) is 8.27. The molecule has 2 nitrogen and oxygen atoms in total. The lowest BCUT2D eigenvalue weighted by atomic mass is 10.1. The topological polar surface area (TPSA) is 46.2 Å². The van der Waals surface area contributed by atoms with Crippen LogP contribution in [-0.2, 0) is 0 Å². The Morgan fingerprint density at radius 3 is 2.82 bits per heavy atom. The summed E-state index contributed by atoms with van der Waals surface area (Å²) in [6.07, 6.45) is 0. The number of aliphatic hydroxyl groups excluding tert-OH is 1. The van der Waals surface area contributed by atoms with Gasteiger partial charge in [-0.3, -0.25) is 0 Å². The third-order valence-corrected chi connectivity index (χ3v) is 1.97. The smallest absolute Gasteiger partial charge is 0.0624 e. The molecule has 0 heterocycles. The Bertz CT molecular complexity index is 239. The highest BCUT2D eigenvalue weighted by Gasteiger charge is 2.02. The fourth-order valence-corrected chi connectivity index (χ4v) is 1.26. The van der Waals surface area contributed by atoms with Gasteiger partial charge in [-0.1, -0.05) is 28.1 Å². The van der Waals surface area contributed by atoms with E-state index in [-0.39, 0.29) is 12.6 Å². The molecule has 0 aliphatic rings. The summed E-state index contributed by atoms with van der Waals surface area (Å²) in [5, 5.41) is 8.74. The molecule has 3 N–H and O–H groups in total. The molecule has 0 aromatic heterocycles. The monoisotopic (exact) mass is 215 g/mol. The number of nitrogens with two attached hydrogens (primary N) is 1. The fourth-order valence-electron chi connectivity index (χ4n) is 0.843. The fraction of sp³-hybridized carbons (Fsp3) is 0.250. The van der Waals surface area contributed by atoms with Crippen LogP contribution in [0.15, 0.2) is 28.7 Å². The van der Waals surface area contributed by atoms with E-state index in [1.807, 2.05) is 24.3 Å². The van der Waals surface area contributed by atoms with E-state index in [0.717, 1.165) is 10.0 Å². The second kappa shape index (κ2) is 3.85. The second-order valence-electron chi connectivity index (χ2n) is 2.34. The quantitative estimate of drug-likeness (QED) is 0.785. The zero-order valence-corrected chi connectivity index (χ0v) is 7.58. The molecule has 1 aromatic carbocycles. The van der Waals surface area contributed by atoms with Crippen molar-refractivity contribution in [2.24, 2.45) is 5.73 Å². The standard InChI is InChI=1S/C8H10BrNO/c9-7-3-1-2-6(4-7)8(10)5-11/h1-4,8,11H,5,10H2/t8-/m1/s1. The van der Waals surface area contributed by atoms with Crippen LogP contribution < -0.4 is 5.73 Å². The van der Waals surface area contributed by atoms with Crippen LogP contribution in [0.5, 0.6) is 0 Å². The van der Waals surface area contributed by atoms with Crippen LogP contribution in [0, 0.1) is 0 Å². The number of halogens is 1. The average molecular weight is 216 g/mol. The van der Waals surface area contributed by atoms with E-state index >= 15 is 0 Å². The van der Waals surface area contributed by atoms with Crippen molar-refractivity contribution >= 4 is 15.9 Å². The molecular formula is C8H10BrNO. The summed E-state index contributed by atoms with van der Waals surface area (Å²) in [6, 6.07) is 7.35. The first-order valence-electron chi connectivity index (χ1n) is 3.36. The van der Waals surface area contributed by atoms with Gasteiger partial charge in [0.25, 0.3) is 0 Å². The van der Waals surface area contributed by atoms with Crippen LogP contribution in [0.4, 0.5) is 0 Å². The van der Waals surface area contributed by atoms with Crippen molar-refractivity contribution in [1.29, 1.82) is 0 Å².